The maximum atomic E-state index is 12.5. The van der Waals surface area contributed by atoms with Crippen LogP contribution < -0.4 is 14.4 Å². The molecule has 0 aliphatic carbocycles. The number of fused-ring (bicyclic) bond motifs is 1. The molecule has 1 aliphatic rings. The molecule has 162 valence electrons. The Bertz CT molecular complexity index is 1020. The third kappa shape index (κ3) is 4.95. The number of carbonyl (C=O) groups is 1. The highest BCUT2D eigenvalue weighted by molar-refractivity contribution is 7.92. The monoisotopic (exact) mass is 430 g/mol. The van der Waals surface area contributed by atoms with Crippen molar-refractivity contribution in [2.45, 2.75) is 45.6 Å². The van der Waals surface area contributed by atoms with Crippen LogP contribution in [0.2, 0.25) is 0 Å². The summed E-state index contributed by atoms with van der Waals surface area (Å²) in [5.74, 6) is 0.569. The third-order valence-corrected chi connectivity index (χ3v) is 6.50. The predicted octanol–water partition coefficient (Wildman–Crippen LogP) is 3.50. The fourth-order valence-corrected chi connectivity index (χ4v) is 5.00. The van der Waals surface area contributed by atoms with Crippen LogP contribution in [0.15, 0.2) is 42.5 Å². The first-order valence-electron chi connectivity index (χ1n) is 10.1. The van der Waals surface area contributed by atoms with Crippen LogP contribution in [0.3, 0.4) is 0 Å². The maximum absolute atomic E-state index is 12.5. The van der Waals surface area contributed by atoms with Gasteiger partial charge < -0.3 is 10.1 Å². The molecule has 0 bridgehead atoms. The largest absolute Gasteiger partial charge is 0.492 e. The average Bonchev–Trinajstić information content (AvgIpc) is 2.99. The van der Waals surface area contributed by atoms with E-state index in [1.807, 2.05) is 19.1 Å². The molecule has 0 saturated carbocycles. The van der Waals surface area contributed by atoms with E-state index < -0.39 is 10.0 Å². The Morgan fingerprint density at radius 2 is 1.83 bits per heavy atom. The zero-order valence-corrected chi connectivity index (χ0v) is 19.0. The lowest BCUT2D eigenvalue weighted by atomic mass is 9.87. The van der Waals surface area contributed by atoms with Gasteiger partial charge in [-0.05, 0) is 60.2 Å². The number of nitrogens with zero attached hydrogens (tertiary/aromatic N) is 1. The minimum Gasteiger partial charge on any atom is -0.492 e. The molecule has 1 unspecified atom stereocenters. The zero-order valence-electron chi connectivity index (χ0n) is 18.2. The van der Waals surface area contributed by atoms with Crippen LogP contribution in [0.4, 0.5) is 5.69 Å². The van der Waals surface area contributed by atoms with E-state index in [1.165, 1.54) is 16.1 Å². The fraction of sp³-hybridized carbons (Fsp3) is 0.435. The molecule has 1 atom stereocenters. The molecule has 30 heavy (non-hydrogen) atoms. The Balaban J connectivity index is 1.54. The lowest BCUT2D eigenvalue weighted by Crippen LogP contribution is -2.34. The molecule has 0 fully saturated rings. The lowest BCUT2D eigenvalue weighted by molar-refractivity contribution is 0.0947. The van der Waals surface area contributed by atoms with E-state index in [9.17, 15) is 13.2 Å². The van der Waals surface area contributed by atoms with Crippen LogP contribution in [0, 0.1) is 0 Å². The normalized spacial score (nSPS) is 16.3. The second kappa shape index (κ2) is 8.30. The number of hydrogen-bond acceptors (Lipinski definition) is 4. The number of benzene rings is 2. The first kappa shape index (κ1) is 22.2. The van der Waals surface area contributed by atoms with E-state index in [0.29, 0.717) is 30.8 Å². The van der Waals surface area contributed by atoms with Gasteiger partial charge in [-0.1, -0.05) is 32.9 Å². The van der Waals surface area contributed by atoms with Crippen LogP contribution in [-0.4, -0.2) is 39.8 Å². The van der Waals surface area contributed by atoms with Gasteiger partial charge in [0.25, 0.3) is 5.91 Å². The number of ether oxygens (including phenoxy) is 1. The first-order chi connectivity index (χ1) is 14.0. The first-order valence-corrected chi connectivity index (χ1v) is 12.0. The molecule has 3 rings (SSSR count). The topological polar surface area (TPSA) is 75.7 Å². The summed E-state index contributed by atoms with van der Waals surface area (Å²) in [6.45, 7) is 9.10. The number of sulfonamides is 1. The summed E-state index contributed by atoms with van der Waals surface area (Å²) in [5, 5.41) is 2.85. The fourth-order valence-electron chi connectivity index (χ4n) is 3.74. The van der Waals surface area contributed by atoms with E-state index >= 15 is 0 Å². The summed E-state index contributed by atoms with van der Waals surface area (Å²) >= 11 is 0. The molecular formula is C23H30N2O4S. The second-order valence-corrected chi connectivity index (χ2v) is 10.7. The number of nitrogens with one attached hydrogen (secondary N) is 1. The van der Waals surface area contributed by atoms with Gasteiger partial charge in [0.1, 0.15) is 12.4 Å². The van der Waals surface area contributed by atoms with E-state index in [1.54, 1.807) is 18.2 Å². The molecule has 2 aromatic carbocycles. The number of hydrogen-bond donors (Lipinski definition) is 1. The van der Waals surface area contributed by atoms with Gasteiger partial charge in [-0.15, -0.1) is 0 Å². The summed E-state index contributed by atoms with van der Waals surface area (Å²) in [7, 11) is -3.34. The molecule has 6 nitrogen and oxygen atoms in total. The molecule has 1 amide bonds. The molecule has 0 radical (unpaired) electrons. The molecule has 0 aromatic heterocycles. The van der Waals surface area contributed by atoms with Crippen molar-refractivity contribution in [3.8, 4) is 5.75 Å². The van der Waals surface area contributed by atoms with Crippen molar-refractivity contribution in [2.24, 2.45) is 0 Å². The van der Waals surface area contributed by atoms with Crippen molar-refractivity contribution >= 4 is 21.6 Å². The SMILES string of the molecule is CC1Cc2cc(C(=O)NCCOc3ccc(C(C)(C)C)cc3)ccc2N1S(C)(=O)=O. The maximum Gasteiger partial charge on any atom is 0.251 e. The molecular weight excluding hydrogens is 400 g/mol. The molecule has 1 aliphatic heterocycles. The van der Waals surface area contributed by atoms with E-state index in [-0.39, 0.29) is 17.4 Å². The van der Waals surface area contributed by atoms with Crippen molar-refractivity contribution in [3.05, 3.63) is 59.2 Å². The predicted molar refractivity (Wildman–Crippen MR) is 120 cm³/mol. The van der Waals surface area contributed by atoms with Crippen molar-refractivity contribution in [3.63, 3.8) is 0 Å². The Morgan fingerprint density at radius 1 is 1.17 bits per heavy atom. The molecule has 0 saturated heterocycles. The van der Waals surface area contributed by atoms with E-state index in [4.69, 9.17) is 4.74 Å². The molecule has 1 N–H and O–H groups in total. The van der Waals surface area contributed by atoms with Gasteiger partial charge in [-0.25, -0.2) is 8.42 Å². The molecule has 2 aromatic rings. The smallest absolute Gasteiger partial charge is 0.251 e. The van der Waals surface area contributed by atoms with Crippen LogP contribution in [0.25, 0.3) is 0 Å². The molecule has 7 heteroatoms. The summed E-state index contributed by atoms with van der Waals surface area (Å²) in [6.07, 6.45) is 1.80. The van der Waals surface area contributed by atoms with Gasteiger partial charge in [-0.3, -0.25) is 9.10 Å². The highest BCUT2D eigenvalue weighted by Crippen LogP contribution is 2.34. The van der Waals surface area contributed by atoms with Gasteiger partial charge in [-0.2, -0.15) is 0 Å². The number of rotatable bonds is 6. The Kier molecular flexibility index (Phi) is 6.13. The highest BCUT2D eigenvalue weighted by Gasteiger charge is 2.32. The highest BCUT2D eigenvalue weighted by atomic mass is 32.2. The minimum atomic E-state index is -3.34. The Hall–Kier alpha value is -2.54. The summed E-state index contributed by atoms with van der Waals surface area (Å²) in [5.41, 5.74) is 3.38. The summed E-state index contributed by atoms with van der Waals surface area (Å²) in [4.78, 5) is 12.5. The van der Waals surface area contributed by atoms with Crippen LogP contribution >= 0.6 is 0 Å². The number of carbonyl (C=O) groups excluding carboxylic acids is 1. The van der Waals surface area contributed by atoms with Crippen molar-refractivity contribution in [2.75, 3.05) is 23.7 Å². The van der Waals surface area contributed by atoms with Gasteiger partial charge in [0.15, 0.2) is 0 Å². The van der Waals surface area contributed by atoms with Gasteiger partial charge in [0.2, 0.25) is 10.0 Å². The Morgan fingerprint density at radius 3 is 2.43 bits per heavy atom. The Labute approximate surface area is 179 Å². The van der Waals surface area contributed by atoms with Crippen molar-refractivity contribution < 1.29 is 17.9 Å². The molecule has 1 heterocycles. The van der Waals surface area contributed by atoms with E-state index in [0.717, 1.165) is 11.3 Å². The molecule has 0 spiro atoms. The minimum absolute atomic E-state index is 0.0957. The van der Waals surface area contributed by atoms with Crippen LogP contribution in [0.5, 0.6) is 5.75 Å². The average molecular weight is 431 g/mol. The van der Waals surface area contributed by atoms with Crippen LogP contribution in [0.1, 0.15) is 49.2 Å². The second-order valence-electron chi connectivity index (χ2n) is 8.83. The summed E-state index contributed by atoms with van der Waals surface area (Å²) in [6, 6.07) is 13.0. The van der Waals surface area contributed by atoms with Crippen LogP contribution in [-0.2, 0) is 21.9 Å². The lowest BCUT2D eigenvalue weighted by Gasteiger charge is -2.21. The zero-order chi connectivity index (χ0) is 22.1. The van der Waals surface area contributed by atoms with Gasteiger partial charge >= 0.3 is 0 Å². The number of anilines is 1. The standard InChI is InChI=1S/C23H30N2O4S/c1-16-14-18-15-17(6-11-21(18)25(16)30(5,27)28)22(26)24-12-13-29-20-9-7-19(8-10-20)23(2,3)4/h6-11,15-16H,12-14H2,1-5H3,(H,24,26). The summed E-state index contributed by atoms with van der Waals surface area (Å²) < 4.78 is 31.2. The quantitative estimate of drug-likeness (QED) is 0.712. The van der Waals surface area contributed by atoms with Crippen molar-refractivity contribution in [1.82, 2.24) is 5.32 Å². The van der Waals surface area contributed by atoms with Crippen molar-refractivity contribution in [1.29, 1.82) is 0 Å². The van der Waals surface area contributed by atoms with E-state index in [2.05, 4.69) is 38.2 Å². The number of amides is 1. The third-order valence-electron chi connectivity index (χ3n) is 5.23. The van der Waals surface area contributed by atoms with Gasteiger partial charge in [0, 0.05) is 11.6 Å². The van der Waals surface area contributed by atoms with Gasteiger partial charge in [0.05, 0.1) is 18.5 Å².